The molecule has 0 unspecified atom stereocenters. The number of carbonyl (C=O) groups excluding carboxylic acids is 1. The highest BCUT2D eigenvalue weighted by Crippen LogP contribution is 2.25. The van der Waals surface area contributed by atoms with Crippen LogP contribution in [0.1, 0.15) is 51.3 Å². The second kappa shape index (κ2) is 12.3. The van der Waals surface area contributed by atoms with E-state index in [1.807, 2.05) is 35.9 Å². The number of rotatable bonds is 10. The number of carbonyl (C=O) groups is 1. The predicted octanol–water partition coefficient (Wildman–Crippen LogP) is 5.60. The van der Waals surface area contributed by atoms with Crippen molar-refractivity contribution in [1.29, 1.82) is 0 Å². The van der Waals surface area contributed by atoms with Gasteiger partial charge in [-0.05, 0) is 75.9 Å². The summed E-state index contributed by atoms with van der Waals surface area (Å²) in [5.74, 6) is 2.12. The molecule has 1 fully saturated rings. The molecule has 8 heteroatoms. The number of aromatic nitrogens is 2. The molecule has 0 saturated carbocycles. The molecule has 1 aromatic heterocycles. The van der Waals surface area contributed by atoms with Gasteiger partial charge in [0.2, 0.25) is 0 Å². The maximum atomic E-state index is 12.3. The lowest BCUT2D eigenvalue weighted by molar-refractivity contribution is 0.105. The Balaban J connectivity index is 1.53. The van der Waals surface area contributed by atoms with E-state index in [-0.39, 0.29) is 0 Å². The molecule has 0 aliphatic carbocycles. The minimum atomic E-state index is -0.459. The lowest BCUT2D eigenvalue weighted by Crippen LogP contribution is -2.36. The summed E-state index contributed by atoms with van der Waals surface area (Å²) in [7, 11) is 0. The van der Waals surface area contributed by atoms with E-state index >= 15 is 0 Å². The molecule has 3 rings (SSSR count). The van der Waals surface area contributed by atoms with Gasteiger partial charge in [-0.3, -0.25) is 10.00 Å². The number of piperidine rings is 1. The monoisotopic (exact) mass is 476 g/mol. The highest BCUT2D eigenvalue weighted by molar-refractivity contribution is 6.30. The van der Waals surface area contributed by atoms with E-state index in [1.54, 1.807) is 0 Å². The standard InChI is InChI=1S/C25H37ClN4O3/c1-5-10-29-11-8-20(9-12-29)17-33-25(31)27-24-13-19(4)30(28-24)15-21-14-22(26)6-7-23(21)32-16-18(2)3/h6-7,13-14,18,20H,5,8-12,15-17H2,1-4H3,(H,27,28,31). The van der Waals surface area contributed by atoms with Crippen molar-refractivity contribution in [1.82, 2.24) is 14.7 Å². The van der Waals surface area contributed by atoms with Gasteiger partial charge in [-0.2, -0.15) is 5.10 Å². The van der Waals surface area contributed by atoms with Crippen LogP contribution in [-0.2, 0) is 11.3 Å². The first kappa shape index (κ1) is 25.4. The topological polar surface area (TPSA) is 68.6 Å². The lowest BCUT2D eigenvalue weighted by atomic mass is 9.98. The van der Waals surface area contributed by atoms with Crippen LogP contribution in [-0.4, -0.2) is 53.6 Å². The third kappa shape index (κ3) is 7.93. The first-order valence-electron chi connectivity index (χ1n) is 12.0. The third-order valence-corrected chi connectivity index (χ3v) is 6.06. The molecule has 2 heterocycles. The number of hydrogen-bond donors (Lipinski definition) is 1. The maximum Gasteiger partial charge on any atom is 0.412 e. The number of nitrogens with zero attached hydrogens (tertiary/aromatic N) is 3. The van der Waals surface area contributed by atoms with Crippen molar-refractivity contribution in [3.05, 3.63) is 40.5 Å². The number of aryl methyl sites for hydroxylation is 1. The highest BCUT2D eigenvalue weighted by atomic mass is 35.5. The molecule has 1 N–H and O–H groups in total. The summed E-state index contributed by atoms with van der Waals surface area (Å²) in [6, 6.07) is 7.45. The summed E-state index contributed by atoms with van der Waals surface area (Å²) in [5, 5.41) is 7.95. The molecular weight excluding hydrogens is 440 g/mol. The van der Waals surface area contributed by atoms with Gasteiger partial charge in [0.05, 0.1) is 19.8 Å². The zero-order valence-electron chi connectivity index (χ0n) is 20.3. The van der Waals surface area contributed by atoms with E-state index in [4.69, 9.17) is 21.1 Å². The van der Waals surface area contributed by atoms with E-state index < -0.39 is 6.09 Å². The summed E-state index contributed by atoms with van der Waals surface area (Å²) < 4.78 is 13.3. The zero-order chi connectivity index (χ0) is 23.8. The Labute approximate surface area is 202 Å². The molecule has 1 aromatic carbocycles. The van der Waals surface area contributed by atoms with Crippen LogP contribution in [0.25, 0.3) is 0 Å². The van der Waals surface area contributed by atoms with Crippen molar-refractivity contribution >= 4 is 23.5 Å². The molecule has 0 atom stereocenters. The van der Waals surface area contributed by atoms with Crippen LogP contribution in [0, 0.1) is 18.8 Å². The Morgan fingerprint density at radius 3 is 2.73 bits per heavy atom. The number of anilines is 1. The van der Waals surface area contributed by atoms with Crippen LogP contribution in [0.4, 0.5) is 10.6 Å². The second-order valence-electron chi connectivity index (χ2n) is 9.29. The van der Waals surface area contributed by atoms with E-state index in [1.165, 1.54) is 6.42 Å². The fourth-order valence-corrected chi connectivity index (χ4v) is 4.18. The predicted molar refractivity (Wildman–Crippen MR) is 132 cm³/mol. The lowest BCUT2D eigenvalue weighted by Gasteiger charge is -2.31. The first-order chi connectivity index (χ1) is 15.8. The fourth-order valence-electron chi connectivity index (χ4n) is 3.99. The van der Waals surface area contributed by atoms with E-state index in [2.05, 4.69) is 36.1 Å². The van der Waals surface area contributed by atoms with Crippen molar-refractivity contribution in [2.75, 3.05) is 38.2 Å². The third-order valence-electron chi connectivity index (χ3n) is 5.82. The summed E-state index contributed by atoms with van der Waals surface area (Å²) in [6.07, 6.45) is 2.86. The molecular formula is C25H37ClN4O3. The number of amides is 1. The average molecular weight is 477 g/mol. The number of nitrogens with one attached hydrogen (secondary N) is 1. The number of benzene rings is 1. The average Bonchev–Trinajstić information content (AvgIpc) is 3.11. The Morgan fingerprint density at radius 2 is 2.03 bits per heavy atom. The largest absolute Gasteiger partial charge is 0.493 e. The second-order valence-corrected chi connectivity index (χ2v) is 9.73. The van der Waals surface area contributed by atoms with Crippen molar-refractivity contribution in [2.24, 2.45) is 11.8 Å². The Bertz CT molecular complexity index is 907. The van der Waals surface area contributed by atoms with Crippen molar-refractivity contribution < 1.29 is 14.3 Å². The SMILES string of the molecule is CCCN1CCC(COC(=O)Nc2cc(C)n(Cc3cc(Cl)ccc3OCC(C)C)n2)CC1. The van der Waals surface area contributed by atoms with Crippen LogP contribution in [0.5, 0.6) is 5.75 Å². The molecule has 2 aromatic rings. The Hall–Kier alpha value is -2.25. The molecule has 0 spiro atoms. The van der Waals surface area contributed by atoms with E-state index in [9.17, 15) is 4.79 Å². The van der Waals surface area contributed by atoms with Crippen LogP contribution < -0.4 is 10.1 Å². The number of halogens is 1. The molecule has 33 heavy (non-hydrogen) atoms. The van der Waals surface area contributed by atoms with Gasteiger partial charge in [-0.1, -0.05) is 32.4 Å². The summed E-state index contributed by atoms with van der Waals surface area (Å²) in [5.41, 5.74) is 1.86. The van der Waals surface area contributed by atoms with Gasteiger partial charge in [0.1, 0.15) is 5.75 Å². The molecule has 182 valence electrons. The summed E-state index contributed by atoms with van der Waals surface area (Å²) in [4.78, 5) is 14.8. The van der Waals surface area contributed by atoms with E-state index in [0.29, 0.717) is 42.4 Å². The molecule has 1 amide bonds. The molecule has 0 radical (unpaired) electrons. The smallest absolute Gasteiger partial charge is 0.412 e. The zero-order valence-corrected chi connectivity index (χ0v) is 21.0. The van der Waals surface area contributed by atoms with Gasteiger partial charge in [0, 0.05) is 22.3 Å². The Kier molecular flexibility index (Phi) is 9.44. The van der Waals surface area contributed by atoms with Crippen molar-refractivity contribution in [3.63, 3.8) is 0 Å². The van der Waals surface area contributed by atoms with Crippen molar-refractivity contribution in [3.8, 4) is 5.75 Å². The normalized spacial score (nSPS) is 15.1. The van der Waals surface area contributed by atoms with Gasteiger partial charge in [-0.15, -0.1) is 0 Å². The quantitative estimate of drug-likeness (QED) is 0.483. The fraction of sp³-hybridized carbons (Fsp3) is 0.600. The molecule has 1 saturated heterocycles. The van der Waals surface area contributed by atoms with Gasteiger partial charge in [0.25, 0.3) is 0 Å². The number of ether oxygens (including phenoxy) is 2. The molecule has 1 aliphatic heterocycles. The summed E-state index contributed by atoms with van der Waals surface area (Å²) in [6.45, 7) is 13.3. The van der Waals surface area contributed by atoms with Crippen LogP contribution in [0.3, 0.4) is 0 Å². The van der Waals surface area contributed by atoms with Crippen LogP contribution in [0.15, 0.2) is 24.3 Å². The van der Waals surface area contributed by atoms with Crippen molar-refractivity contribution in [2.45, 2.75) is 53.5 Å². The number of likely N-dealkylation sites (tertiary alicyclic amines) is 1. The molecule has 1 aliphatic rings. The summed E-state index contributed by atoms with van der Waals surface area (Å²) >= 11 is 6.22. The van der Waals surface area contributed by atoms with Gasteiger partial charge >= 0.3 is 6.09 Å². The number of hydrogen-bond acceptors (Lipinski definition) is 5. The van der Waals surface area contributed by atoms with Crippen LogP contribution >= 0.6 is 11.6 Å². The van der Waals surface area contributed by atoms with E-state index in [0.717, 1.165) is 49.5 Å². The molecule has 0 bridgehead atoms. The molecule has 7 nitrogen and oxygen atoms in total. The maximum absolute atomic E-state index is 12.3. The van der Waals surface area contributed by atoms with Crippen LogP contribution in [0.2, 0.25) is 5.02 Å². The minimum Gasteiger partial charge on any atom is -0.493 e. The minimum absolute atomic E-state index is 0.422. The first-order valence-corrected chi connectivity index (χ1v) is 12.3. The van der Waals surface area contributed by atoms with Gasteiger partial charge < -0.3 is 14.4 Å². The Morgan fingerprint density at radius 1 is 1.27 bits per heavy atom. The van der Waals surface area contributed by atoms with Gasteiger partial charge in [-0.25, -0.2) is 4.79 Å². The van der Waals surface area contributed by atoms with Gasteiger partial charge in [0.15, 0.2) is 5.82 Å². The highest BCUT2D eigenvalue weighted by Gasteiger charge is 2.20.